The fourth-order valence-corrected chi connectivity index (χ4v) is 2.45. The van der Waals surface area contributed by atoms with Crippen molar-refractivity contribution in [2.75, 3.05) is 26.3 Å². The average Bonchev–Trinajstić information content (AvgIpc) is 2.62. The molecule has 0 aromatic heterocycles. The van der Waals surface area contributed by atoms with Gasteiger partial charge in [0.25, 0.3) is 0 Å². The number of carbonyl (C=O) groups excluding carboxylic acids is 1. The highest BCUT2D eigenvalue weighted by atomic mass is 19.1. The second kappa shape index (κ2) is 10.4. The highest BCUT2D eigenvalue weighted by Crippen LogP contribution is 2.26. The monoisotopic (exact) mass is 361 g/mol. The van der Waals surface area contributed by atoms with E-state index in [0.717, 1.165) is 11.8 Å². The Morgan fingerprint density at radius 2 is 1.85 bits per heavy atom. The summed E-state index contributed by atoms with van der Waals surface area (Å²) in [7, 11) is 0. The molecular weight excluding hydrogens is 337 g/mol. The summed E-state index contributed by atoms with van der Waals surface area (Å²) >= 11 is 0. The average molecular weight is 361 g/mol. The third kappa shape index (κ3) is 6.04. The Labute approximate surface area is 152 Å². The summed E-state index contributed by atoms with van der Waals surface area (Å²) in [5.41, 5.74) is 0.155. The molecule has 0 bridgehead atoms. The summed E-state index contributed by atoms with van der Waals surface area (Å²) in [6.07, 6.45) is 0.894. The number of nitrogens with one attached hydrogen (secondary N) is 1. The normalized spacial score (nSPS) is 10.5. The van der Waals surface area contributed by atoms with Gasteiger partial charge in [-0.05, 0) is 44.2 Å². The molecule has 0 unspecified atom stereocenters. The molecule has 0 radical (unpaired) electrons. The zero-order chi connectivity index (χ0) is 18.8. The van der Waals surface area contributed by atoms with Crippen LogP contribution >= 0.6 is 0 Å². The maximum atomic E-state index is 12.9. The van der Waals surface area contributed by atoms with Gasteiger partial charge in [0.2, 0.25) is 0 Å². The molecular formula is C20H24FNO4. The molecule has 0 amide bonds. The van der Waals surface area contributed by atoms with Crippen molar-refractivity contribution in [3.05, 3.63) is 53.8 Å². The second-order valence-electron chi connectivity index (χ2n) is 5.67. The Bertz CT molecular complexity index is 721. The van der Waals surface area contributed by atoms with Crippen LogP contribution in [0.4, 0.5) is 4.39 Å². The number of ketones is 1. The first kappa shape index (κ1) is 19.7. The van der Waals surface area contributed by atoms with E-state index in [9.17, 15) is 14.3 Å². The van der Waals surface area contributed by atoms with Gasteiger partial charge in [-0.15, -0.1) is 0 Å². The van der Waals surface area contributed by atoms with E-state index in [1.54, 1.807) is 0 Å². The molecule has 0 aliphatic rings. The zero-order valence-corrected chi connectivity index (χ0v) is 14.8. The van der Waals surface area contributed by atoms with Gasteiger partial charge >= 0.3 is 0 Å². The lowest BCUT2D eigenvalue weighted by atomic mass is 10.1. The van der Waals surface area contributed by atoms with Crippen molar-refractivity contribution in [3.8, 4) is 17.2 Å². The quantitative estimate of drug-likeness (QED) is 0.473. The molecule has 6 heteroatoms. The van der Waals surface area contributed by atoms with Crippen molar-refractivity contribution < 1.29 is 23.8 Å². The molecule has 2 aromatic carbocycles. The van der Waals surface area contributed by atoms with Gasteiger partial charge in [-0.1, -0.05) is 12.1 Å². The van der Waals surface area contributed by atoms with Crippen LogP contribution in [-0.4, -0.2) is 37.2 Å². The number of benzene rings is 2. The number of para-hydroxylation sites is 2. The van der Waals surface area contributed by atoms with E-state index >= 15 is 0 Å². The number of rotatable bonds is 11. The Hall–Kier alpha value is -2.60. The van der Waals surface area contributed by atoms with Crippen molar-refractivity contribution in [1.82, 2.24) is 5.32 Å². The molecule has 0 atom stereocenters. The minimum absolute atomic E-state index is 0.155. The van der Waals surface area contributed by atoms with Crippen LogP contribution < -0.4 is 14.8 Å². The summed E-state index contributed by atoms with van der Waals surface area (Å²) in [5.74, 6) is 0.347. The number of carbonyl (C=O) groups is 1. The van der Waals surface area contributed by atoms with Crippen LogP contribution in [0.2, 0.25) is 0 Å². The number of aromatic hydroxyl groups is 1. The molecule has 0 spiro atoms. The predicted molar refractivity (Wildman–Crippen MR) is 97.6 cm³/mol. The summed E-state index contributed by atoms with van der Waals surface area (Å²) in [6.45, 7) is 4.26. The van der Waals surface area contributed by atoms with Gasteiger partial charge in [-0.3, -0.25) is 4.79 Å². The lowest BCUT2D eigenvalue weighted by Gasteiger charge is -2.12. The molecule has 0 fully saturated rings. The number of Topliss-reactive ketones (excluding diaryl/α,β-unsaturated/α-hetero) is 1. The third-order valence-electron chi connectivity index (χ3n) is 3.70. The molecule has 0 saturated carbocycles. The lowest BCUT2D eigenvalue weighted by molar-refractivity contribution is 0.0977. The van der Waals surface area contributed by atoms with E-state index in [4.69, 9.17) is 9.47 Å². The van der Waals surface area contributed by atoms with Gasteiger partial charge in [0.1, 0.15) is 18.2 Å². The zero-order valence-electron chi connectivity index (χ0n) is 14.8. The van der Waals surface area contributed by atoms with Crippen molar-refractivity contribution in [2.45, 2.75) is 19.8 Å². The highest BCUT2D eigenvalue weighted by molar-refractivity contribution is 5.98. The molecule has 26 heavy (non-hydrogen) atoms. The third-order valence-corrected chi connectivity index (χ3v) is 3.70. The molecule has 2 rings (SSSR count). The van der Waals surface area contributed by atoms with Gasteiger partial charge < -0.3 is 19.9 Å². The molecule has 2 N–H and O–H groups in total. The minimum Gasteiger partial charge on any atom is -0.507 e. The van der Waals surface area contributed by atoms with E-state index in [-0.39, 0.29) is 23.5 Å². The number of ether oxygens (including phenoxy) is 2. The Kier molecular flexibility index (Phi) is 7.89. The SMILES string of the molecule is CCOc1ccccc1OCCNCCCC(=O)c1ccc(F)cc1O. The Morgan fingerprint density at radius 3 is 2.54 bits per heavy atom. The first-order chi connectivity index (χ1) is 12.6. The largest absolute Gasteiger partial charge is 0.507 e. The molecule has 0 heterocycles. The van der Waals surface area contributed by atoms with Gasteiger partial charge in [0.15, 0.2) is 17.3 Å². The second-order valence-corrected chi connectivity index (χ2v) is 5.67. The fraction of sp³-hybridized carbons (Fsp3) is 0.350. The van der Waals surface area contributed by atoms with Crippen molar-refractivity contribution in [3.63, 3.8) is 0 Å². The van der Waals surface area contributed by atoms with Crippen LogP contribution in [0.25, 0.3) is 0 Å². The molecule has 0 aliphatic carbocycles. The van der Waals surface area contributed by atoms with Gasteiger partial charge in [0, 0.05) is 19.0 Å². The maximum absolute atomic E-state index is 12.9. The Morgan fingerprint density at radius 1 is 1.12 bits per heavy atom. The number of phenolic OH excluding ortho intramolecular Hbond substituents is 1. The summed E-state index contributed by atoms with van der Waals surface area (Å²) in [6, 6.07) is 10.9. The Balaban J connectivity index is 1.63. The molecule has 0 saturated heterocycles. The summed E-state index contributed by atoms with van der Waals surface area (Å²) < 4.78 is 24.1. The molecule has 5 nitrogen and oxygen atoms in total. The van der Waals surface area contributed by atoms with Crippen molar-refractivity contribution in [2.24, 2.45) is 0 Å². The van der Waals surface area contributed by atoms with E-state index in [2.05, 4.69) is 5.32 Å². The molecule has 0 aliphatic heterocycles. The van der Waals surface area contributed by atoms with Crippen LogP contribution in [0.15, 0.2) is 42.5 Å². The molecule has 2 aromatic rings. The van der Waals surface area contributed by atoms with Crippen LogP contribution in [0.5, 0.6) is 17.2 Å². The van der Waals surface area contributed by atoms with Gasteiger partial charge in [-0.25, -0.2) is 4.39 Å². The standard InChI is InChI=1S/C20H24FNO4/c1-2-25-19-7-3-4-8-20(19)26-13-12-22-11-5-6-17(23)16-10-9-15(21)14-18(16)24/h3-4,7-10,14,22,24H,2,5-6,11-13H2,1H3. The topological polar surface area (TPSA) is 67.8 Å². The van der Waals surface area contributed by atoms with E-state index in [1.807, 2.05) is 31.2 Å². The van der Waals surface area contributed by atoms with E-state index in [0.29, 0.717) is 38.5 Å². The van der Waals surface area contributed by atoms with Crippen molar-refractivity contribution in [1.29, 1.82) is 0 Å². The number of hydrogen-bond acceptors (Lipinski definition) is 5. The maximum Gasteiger partial charge on any atom is 0.166 e. The smallest absolute Gasteiger partial charge is 0.166 e. The summed E-state index contributed by atoms with van der Waals surface area (Å²) in [4.78, 5) is 12.0. The van der Waals surface area contributed by atoms with Crippen LogP contribution in [0.1, 0.15) is 30.1 Å². The van der Waals surface area contributed by atoms with Crippen LogP contribution in [-0.2, 0) is 0 Å². The predicted octanol–water partition coefficient (Wildman–Crippen LogP) is 3.56. The molecule has 140 valence electrons. The number of phenols is 1. The van der Waals surface area contributed by atoms with Crippen LogP contribution in [0, 0.1) is 5.82 Å². The van der Waals surface area contributed by atoms with E-state index in [1.165, 1.54) is 12.1 Å². The highest BCUT2D eigenvalue weighted by Gasteiger charge is 2.11. The first-order valence-corrected chi connectivity index (χ1v) is 8.69. The number of hydrogen-bond donors (Lipinski definition) is 2. The summed E-state index contributed by atoms with van der Waals surface area (Å²) in [5, 5.41) is 12.8. The van der Waals surface area contributed by atoms with E-state index < -0.39 is 5.82 Å². The minimum atomic E-state index is -0.563. The number of halogens is 1. The first-order valence-electron chi connectivity index (χ1n) is 8.69. The van der Waals surface area contributed by atoms with Gasteiger partial charge in [0.05, 0.1) is 12.2 Å². The van der Waals surface area contributed by atoms with Crippen LogP contribution in [0.3, 0.4) is 0 Å². The van der Waals surface area contributed by atoms with Gasteiger partial charge in [-0.2, -0.15) is 0 Å². The fourth-order valence-electron chi connectivity index (χ4n) is 2.45. The lowest BCUT2D eigenvalue weighted by Crippen LogP contribution is -2.22. The van der Waals surface area contributed by atoms with Crippen molar-refractivity contribution >= 4 is 5.78 Å².